The van der Waals surface area contributed by atoms with Crippen molar-refractivity contribution in [1.29, 1.82) is 0 Å². The molecule has 0 aliphatic carbocycles. The topological polar surface area (TPSA) is 74.8 Å². The van der Waals surface area contributed by atoms with Crippen molar-refractivity contribution in [3.05, 3.63) is 59.9 Å². The Morgan fingerprint density at radius 2 is 1.92 bits per heavy atom. The molecule has 3 heterocycles. The molecule has 0 saturated carbocycles. The predicted molar refractivity (Wildman–Crippen MR) is 90.1 cm³/mol. The van der Waals surface area contributed by atoms with Crippen molar-refractivity contribution in [2.75, 3.05) is 11.4 Å². The maximum absolute atomic E-state index is 13.4. The number of carbonyl (C=O) groups excluding carboxylic acids is 1. The van der Waals surface area contributed by atoms with Crippen LogP contribution >= 0.6 is 0 Å². The largest absolute Gasteiger partial charge is 0.307 e. The summed E-state index contributed by atoms with van der Waals surface area (Å²) in [5, 5.41) is 8.14. The molecule has 2 aromatic heterocycles. The number of benzene rings is 1. The second kappa shape index (κ2) is 6.62. The van der Waals surface area contributed by atoms with Crippen molar-refractivity contribution in [2.24, 2.45) is 5.92 Å². The fraction of sp³-hybridized carbons (Fsp3) is 0.222. The number of halogens is 2. The summed E-state index contributed by atoms with van der Waals surface area (Å²) in [6.07, 6.45) is 4.27. The second-order valence-electron chi connectivity index (χ2n) is 6.16. The van der Waals surface area contributed by atoms with Gasteiger partial charge in [0.05, 0.1) is 0 Å². The van der Waals surface area contributed by atoms with Crippen LogP contribution in [0, 0.1) is 17.6 Å². The van der Waals surface area contributed by atoms with Crippen LogP contribution < -0.4 is 4.90 Å². The van der Waals surface area contributed by atoms with E-state index in [0.29, 0.717) is 36.7 Å². The Morgan fingerprint density at radius 1 is 1.12 bits per heavy atom. The zero-order chi connectivity index (χ0) is 18.1. The Bertz CT molecular complexity index is 944. The predicted octanol–water partition coefficient (Wildman–Crippen LogP) is 2.74. The smallest absolute Gasteiger partial charge is 0.232 e. The van der Waals surface area contributed by atoms with Crippen molar-refractivity contribution < 1.29 is 13.6 Å². The van der Waals surface area contributed by atoms with E-state index >= 15 is 0 Å². The van der Waals surface area contributed by atoms with Gasteiger partial charge >= 0.3 is 0 Å². The summed E-state index contributed by atoms with van der Waals surface area (Å²) in [6.45, 7) is 0.498. The van der Waals surface area contributed by atoms with E-state index in [1.165, 1.54) is 6.07 Å². The Balaban J connectivity index is 1.49. The molecule has 1 aliphatic rings. The van der Waals surface area contributed by atoms with Gasteiger partial charge in [-0.05, 0) is 42.7 Å². The molecule has 0 bridgehead atoms. The van der Waals surface area contributed by atoms with Crippen LogP contribution in [-0.2, 0) is 11.2 Å². The maximum Gasteiger partial charge on any atom is 0.232 e. The third kappa shape index (κ3) is 3.05. The van der Waals surface area contributed by atoms with Gasteiger partial charge in [0, 0.05) is 30.4 Å². The lowest BCUT2D eigenvalue weighted by Gasteiger charge is -2.13. The zero-order valence-electron chi connectivity index (χ0n) is 13.7. The molecule has 26 heavy (non-hydrogen) atoms. The number of nitrogens with one attached hydrogen (secondary N) is 1. The van der Waals surface area contributed by atoms with Crippen LogP contribution in [0.2, 0.25) is 0 Å². The number of rotatable bonds is 4. The van der Waals surface area contributed by atoms with E-state index in [9.17, 15) is 13.6 Å². The molecule has 0 spiro atoms. The molecular weight excluding hydrogens is 340 g/mol. The first kappa shape index (κ1) is 16.3. The summed E-state index contributed by atoms with van der Waals surface area (Å²) >= 11 is 0. The lowest BCUT2D eigenvalue weighted by molar-refractivity contribution is -0.120. The van der Waals surface area contributed by atoms with E-state index < -0.39 is 11.6 Å². The van der Waals surface area contributed by atoms with Gasteiger partial charge in [0.2, 0.25) is 11.9 Å². The number of pyridine rings is 1. The summed E-state index contributed by atoms with van der Waals surface area (Å²) in [4.78, 5) is 21.2. The minimum absolute atomic E-state index is 0.104. The molecule has 1 saturated heterocycles. The van der Waals surface area contributed by atoms with Gasteiger partial charge in [-0.1, -0.05) is 6.07 Å². The highest BCUT2D eigenvalue weighted by Crippen LogP contribution is 2.27. The van der Waals surface area contributed by atoms with E-state index in [1.54, 1.807) is 29.4 Å². The molecule has 1 atom stereocenters. The molecule has 0 radical (unpaired) electrons. The number of carbonyl (C=O) groups is 1. The molecule has 1 amide bonds. The highest BCUT2D eigenvalue weighted by Gasteiger charge is 2.34. The standard InChI is InChI=1S/C18H15F2N5O/c19-14-2-1-11(10-15(14)20)9-13-5-8-25(17(13)26)18-22-16(23-24-18)12-3-6-21-7-4-12/h1-4,6-7,10,13H,5,8-9H2,(H,22,23,24)/t13-/m0/s1. The van der Waals surface area contributed by atoms with Crippen molar-refractivity contribution in [3.8, 4) is 11.4 Å². The van der Waals surface area contributed by atoms with Crippen LogP contribution in [0.5, 0.6) is 0 Å². The second-order valence-corrected chi connectivity index (χ2v) is 6.16. The van der Waals surface area contributed by atoms with Crippen molar-refractivity contribution >= 4 is 11.9 Å². The monoisotopic (exact) mass is 355 g/mol. The number of H-pyrrole nitrogens is 1. The Labute approximate surface area is 147 Å². The first-order valence-corrected chi connectivity index (χ1v) is 8.20. The molecule has 8 heteroatoms. The van der Waals surface area contributed by atoms with E-state index in [1.807, 2.05) is 0 Å². The number of aromatic nitrogens is 4. The molecule has 132 valence electrons. The van der Waals surface area contributed by atoms with Crippen LogP contribution in [0.4, 0.5) is 14.7 Å². The molecule has 1 aromatic carbocycles. The highest BCUT2D eigenvalue weighted by molar-refractivity contribution is 5.95. The first-order valence-electron chi connectivity index (χ1n) is 8.20. The van der Waals surface area contributed by atoms with E-state index in [4.69, 9.17) is 0 Å². The Hall–Kier alpha value is -3.16. The highest BCUT2D eigenvalue weighted by atomic mass is 19.2. The van der Waals surface area contributed by atoms with Crippen LogP contribution in [-0.4, -0.2) is 32.6 Å². The van der Waals surface area contributed by atoms with E-state index in [2.05, 4.69) is 20.2 Å². The SMILES string of the molecule is O=C1[C@H](Cc2ccc(F)c(F)c2)CCN1c1nnc(-c2ccncc2)[nH]1. The maximum atomic E-state index is 13.4. The summed E-state index contributed by atoms with van der Waals surface area (Å²) in [5.74, 6) is -1.25. The molecule has 1 aliphatic heterocycles. The zero-order valence-corrected chi connectivity index (χ0v) is 13.7. The Morgan fingerprint density at radius 3 is 2.69 bits per heavy atom. The van der Waals surface area contributed by atoms with Gasteiger partial charge in [0.25, 0.3) is 0 Å². The van der Waals surface area contributed by atoms with Crippen molar-refractivity contribution in [1.82, 2.24) is 20.2 Å². The average molecular weight is 355 g/mol. The first-order chi connectivity index (χ1) is 12.6. The molecule has 0 unspecified atom stereocenters. The van der Waals surface area contributed by atoms with Gasteiger partial charge in [-0.2, -0.15) is 0 Å². The normalized spacial score (nSPS) is 17.1. The number of amides is 1. The summed E-state index contributed by atoms with van der Waals surface area (Å²) < 4.78 is 26.4. The minimum Gasteiger partial charge on any atom is -0.307 e. The summed E-state index contributed by atoms with van der Waals surface area (Å²) in [6, 6.07) is 7.31. The van der Waals surface area contributed by atoms with E-state index in [-0.39, 0.29) is 11.8 Å². The third-order valence-electron chi connectivity index (χ3n) is 4.47. The van der Waals surface area contributed by atoms with Crippen molar-refractivity contribution in [3.63, 3.8) is 0 Å². The fourth-order valence-corrected chi connectivity index (χ4v) is 3.10. The molecule has 1 N–H and O–H groups in total. The third-order valence-corrected chi connectivity index (χ3v) is 4.47. The summed E-state index contributed by atoms with van der Waals surface area (Å²) in [7, 11) is 0. The Kier molecular flexibility index (Phi) is 4.16. The van der Waals surface area contributed by atoms with Gasteiger partial charge < -0.3 is 4.98 Å². The molecule has 1 fully saturated rings. The number of hydrogen-bond donors (Lipinski definition) is 1. The van der Waals surface area contributed by atoms with Crippen molar-refractivity contribution in [2.45, 2.75) is 12.8 Å². The molecule has 4 rings (SSSR count). The van der Waals surface area contributed by atoms with Crippen LogP contribution in [0.25, 0.3) is 11.4 Å². The number of hydrogen-bond acceptors (Lipinski definition) is 4. The van der Waals surface area contributed by atoms with Crippen LogP contribution in [0.1, 0.15) is 12.0 Å². The molecular formula is C18H15F2N5O. The molecule has 6 nitrogen and oxygen atoms in total. The fourth-order valence-electron chi connectivity index (χ4n) is 3.10. The quantitative estimate of drug-likeness (QED) is 0.781. The average Bonchev–Trinajstić information content (AvgIpc) is 3.27. The van der Waals surface area contributed by atoms with Crippen LogP contribution in [0.3, 0.4) is 0 Å². The number of aromatic amines is 1. The van der Waals surface area contributed by atoms with Gasteiger partial charge in [-0.15, -0.1) is 10.2 Å². The summed E-state index contributed by atoms with van der Waals surface area (Å²) in [5.41, 5.74) is 1.42. The van der Waals surface area contributed by atoms with Gasteiger partial charge in [-0.25, -0.2) is 8.78 Å². The van der Waals surface area contributed by atoms with Gasteiger partial charge in [0.15, 0.2) is 17.5 Å². The van der Waals surface area contributed by atoms with Crippen LogP contribution in [0.15, 0.2) is 42.7 Å². The number of anilines is 1. The van der Waals surface area contributed by atoms with Gasteiger partial charge in [0.1, 0.15) is 0 Å². The number of nitrogens with zero attached hydrogens (tertiary/aromatic N) is 4. The van der Waals surface area contributed by atoms with Gasteiger partial charge in [-0.3, -0.25) is 14.7 Å². The lowest BCUT2D eigenvalue weighted by Crippen LogP contribution is -2.28. The minimum atomic E-state index is -0.901. The van der Waals surface area contributed by atoms with E-state index in [0.717, 1.165) is 17.7 Å². The lowest BCUT2D eigenvalue weighted by atomic mass is 9.98. The molecule has 3 aromatic rings.